The van der Waals surface area contributed by atoms with Crippen molar-refractivity contribution >= 4 is 51.3 Å². The van der Waals surface area contributed by atoms with Crippen molar-refractivity contribution in [3.63, 3.8) is 0 Å². The van der Waals surface area contributed by atoms with Gasteiger partial charge >= 0.3 is 0 Å². The molecule has 5 aromatic rings. The standard InChI is InChI=1S/C18H13B.C10H15N/c19-17-7-3-6-12-8-9-15-10-13-4-1-2-5-14(13)11-16(15)18(12)17;1-3-11(4-2)10-8-6-5-7-9-10/h1-11H,19H2;5-9H,3-4H2,1-2H3. The zero-order valence-corrected chi connectivity index (χ0v) is 18.1. The fourth-order valence-corrected chi connectivity index (χ4v) is 4.22. The molecule has 0 aliphatic carbocycles. The van der Waals surface area contributed by atoms with Gasteiger partial charge in [-0.15, -0.1) is 0 Å². The van der Waals surface area contributed by atoms with Crippen LogP contribution in [-0.4, -0.2) is 20.9 Å². The number of benzene rings is 5. The van der Waals surface area contributed by atoms with E-state index in [1.54, 1.807) is 0 Å². The van der Waals surface area contributed by atoms with E-state index in [2.05, 4.69) is 118 Å². The maximum atomic E-state index is 2.33. The second kappa shape index (κ2) is 9.05. The molecule has 5 aromatic carbocycles. The molecule has 0 bridgehead atoms. The molecule has 0 fully saturated rings. The van der Waals surface area contributed by atoms with Crippen LogP contribution < -0.4 is 10.4 Å². The number of anilines is 1. The van der Waals surface area contributed by atoms with E-state index in [0.29, 0.717) is 0 Å². The highest BCUT2D eigenvalue weighted by Crippen LogP contribution is 2.28. The summed E-state index contributed by atoms with van der Waals surface area (Å²) in [4.78, 5) is 2.33. The Hall–Kier alpha value is -3.26. The van der Waals surface area contributed by atoms with Crippen LogP contribution in [-0.2, 0) is 0 Å². The largest absolute Gasteiger partial charge is 0.372 e. The van der Waals surface area contributed by atoms with E-state index >= 15 is 0 Å². The Morgan fingerprint density at radius 2 is 1.20 bits per heavy atom. The molecule has 1 nitrogen and oxygen atoms in total. The minimum atomic E-state index is 1.08. The summed E-state index contributed by atoms with van der Waals surface area (Å²) in [6.45, 7) is 6.52. The zero-order valence-electron chi connectivity index (χ0n) is 18.1. The van der Waals surface area contributed by atoms with E-state index in [1.165, 1.54) is 43.5 Å². The predicted molar refractivity (Wildman–Crippen MR) is 137 cm³/mol. The van der Waals surface area contributed by atoms with Crippen molar-refractivity contribution in [1.82, 2.24) is 0 Å². The predicted octanol–water partition coefficient (Wildman–Crippen LogP) is 5.94. The lowest BCUT2D eigenvalue weighted by Gasteiger charge is -2.20. The van der Waals surface area contributed by atoms with Crippen LogP contribution in [0.4, 0.5) is 5.69 Å². The van der Waals surface area contributed by atoms with E-state index in [0.717, 1.165) is 13.1 Å². The van der Waals surface area contributed by atoms with Gasteiger partial charge in [0.05, 0.1) is 0 Å². The highest BCUT2D eigenvalue weighted by Gasteiger charge is 2.04. The summed E-state index contributed by atoms with van der Waals surface area (Å²) in [6, 6.07) is 34.6. The molecular formula is C28H28BN. The molecule has 0 amide bonds. The lowest BCUT2D eigenvalue weighted by atomic mass is 9.87. The summed E-state index contributed by atoms with van der Waals surface area (Å²) in [7, 11) is 2.19. The first-order valence-electron chi connectivity index (χ1n) is 10.8. The summed E-state index contributed by atoms with van der Waals surface area (Å²) in [6.07, 6.45) is 0. The van der Waals surface area contributed by atoms with Gasteiger partial charge in [0.1, 0.15) is 7.85 Å². The third kappa shape index (κ3) is 4.04. The Kier molecular flexibility index (Phi) is 6.04. The van der Waals surface area contributed by atoms with Gasteiger partial charge in [0, 0.05) is 18.8 Å². The lowest BCUT2D eigenvalue weighted by Crippen LogP contribution is -2.21. The third-order valence-corrected chi connectivity index (χ3v) is 5.82. The minimum Gasteiger partial charge on any atom is -0.372 e. The van der Waals surface area contributed by atoms with Crippen molar-refractivity contribution in [3.05, 3.63) is 97.1 Å². The van der Waals surface area contributed by atoms with Crippen molar-refractivity contribution in [3.8, 4) is 0 Å². The SMILES string of the molecule is Bc1cccc2ccc3cc4ccccc4cc3c12.CCN(CC)c1ccccc1. The summed E-state index contributed by atoms with van der Waals surface area (Å²) in [5, 5.41) is 8.00. The van der Waals surface area contributed by atoms with Crippen molar-refractivity contribution < 1.29 is 0 Å². The van der Waals surface area contributed by atoms with Crippen LogP contribution in [0.25, 0.3) is 32.3 Å². The van der Waals surface area contributed by atoms with Crippen molar-refractivity contribution in [1.29, 1.82) is 0 Å². The monoisotopic (exact) mass is 389 g/mol. The highest BCUT2D eigenvalue weighted by molar-refractivity contribution is 6.41. The van der Waals surface area contributed by atoms with Gasteiger partial charge in [-0.05, 0) is 70.4 Å². The number of fused-ring (bicyclic) bond motifs is 4. The Balaban J connectivity index is 0.000000170. The molecule has 0 aliphatic heterocycles. The first kappa shape index (κ1) is 20.0. The van der Waals surface area contributed by atoms with Crippen LogP contribution in [0.2, 0.25) is 0 Å². The Bertz CT molecular complexity index is 1270. The van der Waals surface area contributed by atoms with Gasteiger partial charge in [-0.1, -0.05) is 78.3 Å². The van der Waals surface area contributed by atoms with Crippen LogP contribution in [0.5, 0.6) is 0 Å². The molecule has 0 saturated carbocycles. The fraction of sp³-hybridized carbons (Fsp3) is 0.143. The molecule has 148 valence electrons. The topological polar surface area (TPSA) is 3.24 Å². The van der Waals surface area contributed by atoms with Gasteiger partial charge in [0.15, 0.2) is 0 Å². The number of hydrogen-bond acceptors (Lipinski definition) is 1. The van der Waals surface area contributed by atoms with Crippen LogP contribution in [0.1, 0.15) is 13.8 Å². The van der Waals surface area contributed by atoms with Crippen molar-refractivity contribution in [2.24, 2.45) is 0 Å². The van der Waals surface area contributed by atoms with E-state index < -0.39 is 0 Å². The summed E-state index contributed by atoms with van der Waals surface area (Å²) >= 11 is 0. The van der Waals surface area contributed by atoms with Crippen molar-refractivity contribution in [2.45, 2.75) is 13.8 Å². The molecular weight excluding hydrogens is 361 g/mol. The molecule has 0 aromatic heterocycles. The molecule has 0 atom stereocenters. The molecule has 0 heterocycles. The first-order chi connectivity index (χ1) is 14.7. The lowest BCUT2D eigenvalue weighted by molar-refractivity contribution is 0.866. The fourth-order valence-electron chi connectivity index (χ4n) is 4.22. The zero-order chi connectivity index (χ0) is 20.9. The Labute approximate surface area is 180 Å². The highest BCUT2D eigenvalue weighted by atomic mass is 15.1. The summed E-state index contributed by atoms with van der Waals surface area (Å²) < 4.78 is 0. The molecule has 0 unspecified atom stereocenters. The van der Waals surface area contributed by atoms with Crippen molar-refractivity contribution in [2.75, 3.05) is 18.0 Å². The number of nitrogens with zero attached hydrogens (tertiary/aromatic N) is 1. The van der Waals surface area contributed by atoms with E-state index in [-0.39, 0.29) is 0 Å². The maximum absolute atomic E-state index is 2.33. The molecule has 0 radical (unpaired) electrons. The van der Waals surface area contributed by atoms with Gasteiger partial charge < -0.3 is 4.90 Å². The van der Waals surface area contributed by atoms with Gasteiger partial charge in [0.2, 0.25) is 0 Å². The van der Waals surface area contributed by atoms with E-state index in [4.69, 9.17) is 0 Å². The number of hydrogen-bond donors (Lipinski definition) is 0. The molecule has 0 saturated heterocycles. The van der Waals surface area contributed by atoms with Crippen LogP contribution in [0.3, 0.4) is 0 Å². The second-order valence-corrected chi connectivity index (χ2v) is 7.67. The van der Waals surface area contributed by atoms with Gasteiger partial charge in [-0.25, -0.2) is 0 Å². The van der Waals surface area contributed by atoms with Gasteiger partial charge in [-0.2, -0.15) is 0 Å². The smallest absolute Gasteiger partial charge is 0.140 e. The Morgan fingerprint density at radius 1 is 0.600 bits per heavy atom. The van der Waals surface area contributed by atoms with E-state index in [9.17, 15) is 0 Å². The summed E-state index contributed by atoms with van der Waals surface area (Å²) in [5.74, 6) is 0. The number of para-hydroxylation sites is 1. The molecule has 5 rings (SSSR count). The first-order valence-corrected chi connectivity index (χ1v) is 10.8. The summed E-state index contributed by atoms with van der Waals surface area (Å²) in [5.41, 5.74) is 2.66. The maximum Gasteiger partial charge on any atom is 0.140 e. The van der Waals surface area contributed by atoms with E-state index in [1.807, 2.05) is 6.07 Å². The molecule has 30 heavy (non-hydrogen) atoms. The normalized spacial score (nSPS) is 10.7. The van der Waals surface area contributed by atoms with Gasteiger partial charge in [0.25, 0.3) is 0 Å². The average molecular weight is 389 g/mol. The molecule has 0 aliphatic rings. The minimum absolute atomic E-state index is 1.08. The molecule has 2 heteroatoms. The van der Waals surface area contributed by atoms with Crippen LogP contribution in [0.15, 0.2) is 97.1 Å². The average Bonchev–Trinajstić information content (AvgIpc) is 2.80. The van der Waals surface area contributed by atoms with Crippen LogP contribution >= 0.6 is 0 Å². The van der Waals surface area contributed by atoms with Crippen LogP contribution in [0, 0.1) is 0 Å². The van der Waals surface area contributed by atoms with Gasteiger partial charge in [-0.3, -0.25) is 0 Å². The third-order valence-electron chi connectivity index (χ3n) is 5.82. The quantitative estimate of drug-likeness (QED) is 0.210. The second-order valence-electron chi connectivity index (χ2n) is 7.67. The Morgan fingerprint density at radius 3 is 1.90 bits per heavy atom. The molecule has 0 spiro atoms. The number of rotatable bonds is 3. The molecule has 0 N–H and O–H groups in total.